The van der Waals surface area contributed by atoms with Gasteiger partial charge in [0.25, 0.3) is 0 Å². The van der Waals surface area contributed by atoms with Gasteiger partial charge in [-0.15, -0.1) is 0 Å². The molecule has 1 aromatic carbocycles. The second-order valence-corrected chi connectivity index (χ2v) is 5.23. The van der Waals surface area contributed by atoms with Crippen molar-refractivity contribution in [2.45, 2.75) is 13.0 Å². The Morgan fingerprint density at radius 1 is 1.26 bits per heavy atom. The highest BCUT2D eigenvalue weighted by atomic mass is 15.2. The van der Waals surface area contributed by atoms with Crippen molar-refractivity contribution in [3.8, 4) is 11.3 Å². The number of likely N-dealkylation sites (N-methyl/N-ethyl adjacent to an activating group) is 1. The third kappa shape index (κ3) is 2.55. The van der Waals surface area contributed by atoms with Gasteiger partial charge >= 0.3 is 0 Å². The first-order valence-electron chi connectivity index (χ1n) is 6.78. The van der Waals surface area contributed by atoms with E-state index in [9.17, 15) is 0 Å². The van der Waals surface area contributed by atoms with E-state index in [4.69, 9.17) is 4.98 Å². The summed E-state index contributed by atoms with van der Waals surface area (Å²) in [5.41, 5.74) is 3.37. The summed E-state index contributed by atoms with van der Waals surface area (Å²) < 4.78 is 0. The number of hydrogen-bond acceptors (Lipinski definition) is 3. The number of rotatable bonds is 2. The molecule has 0 aliphatic carbocycles. The summed E-state index contributed by atoms with van der Waals surface area (Å²) in [7, 11) is 2.15. The Balaban J connectivity index is 1.89. The van der Waals surface area contributed by atoms with Gasteiger partial charge in [0.2, 0.25) is 0 Å². The van der Waals surface area contributed by atoms with E-state index in [1.54, 1.807) is 0 Å². The maximum Gasteiger partial charge on any atom is 0.125 e. The van der Waals surface area contributed by atoms with Crippen molar-refractivity contribution in [3.63, 3.8) is 0 Å². The van der Waals surface area contributed by atoms with Gasteiger partial charge in [0, 0.05) is 30.9 Å². The molecule has 0 bridgehead atoms. The van der Waals surface area contributed by atoms with Gasteiger partial charge < -0.3 is 15.2 Å². The molecule has 1 unspecified atom stereocenters. The molecular weight excluding hydrogens is 236 g/mol. The molecule has 1 saturated heterocycles. The first-order valence-corrected chi connectivity index (χ1v) is 6.78. The molecule has 4 nitrogen and oxygen atoms in total. The summed E-state index contributed by atoms with van der Waals surface area (Å²) in [6.45, 7) is 5.20. The molecule has 2 heterocycles. The number of hydrogen-bond donors (Lipinski definition) is 2. The van der Waals surface area contributed by atoms with E-state index in [1.165, 1.54) is 5.56 Å². The summed E-state index contributed by atoms with van der Waals surface area (Å²) in [6, 6.07) is 10.6. The summed E-state index contributed by atoms with van der Waals surface area (Å²) in [5, 5.41) is 3.52. The lowest BCUT2D eigenvalue weighted by molar-refractivity contribution is 0.236. The second kappa shape index (κ2) is 5.15. The third-order valence-corrected chi connectivity index (χ3v) is 3.66. The molecule has 3 rings (SSSR count). The molecule has 0 amide bonds. The Hall–Kier alpha value is -1.65. The molecule has 4 heteroatoms. The van der Waals surface area contributed by atoms with Crippen molar-refractivity contribution in [1.82, 2.24) is 20.2 Å². The molecule has 0 spiro atoms. The Morgan fingerprint density at radius 2 is 2.05 bits per heavy atom. The number of aromatic nitrogens is 2. The fourth-order valence-electron chi connectivity index (χ4n) is 2.61. The Bertz CT molecular complexity index is 547. The predicted octanol–water partition coefficient (Wildman–Crippen LogP) is 1.96. The number of imidazole rings is 1. The minimum Gasteiger partial charge on any atom is -0.344 e. The van der Waals surface area contributed by atoms with Crippen LogP contribution < -0.4 is 5.32 Å². The summed E-state index contributed by atoms with van der Waals surface area (Å²) in [4.78, 5) is 10.6. The van der Waals surface area contributed by atoms with Crippen LogP contribution in [0.1, 0.15) is 17.6 Å². The first kappa shape index (κ1) is 12.4. The largest absolute Gasteiger partial charge is 0.344 e. The Morgan fingerprint density at radius 3 is 2.79 bits per heavy atom. The molecule has 2 N–H and O–H groups in total. The van der Waals surface area contributed by atoms with Crippen LogP contribution in [-0.4, -0.2) is 41.5 Å². The molecule has 0 saturated carbocycles. The van der Waals surface area contributed by atoms with E-state index < -0.39 is 0 Å². The molecule has 2 aromatic rings. The minimum atomic E-state index is 0.301. The maximum absolute atomic E-state index is 4.79. The summed E-state index contributed by atoms with van der Waals surface area (Å²) >= 11 is 0. The molecule has 1 atom stereocenters. The highest BCUT2D eigenvalue weighted by Gasteiger charge is 2.22. The van der Waals surface area contributed by atoms with Crippen LogP contribution in [0, 0.1) is 6.92 Å². The van der Waals surface area contributed by atoms with E-state index in [1.807, 2.05) is 6.07 Å². The van der Waals surface area contributed by atoms with Crippen molar-refractivity contribution < 1.29 is 0 Å². The van der Waals surface area contributed by atoms with Crippen LogP contribution in [0.4, 0.5) is 0 Å². The number of benzene rings is 1. The molecule has 19 heavy (non-hydrogen) atoms. The maximum atomic E-state index is 4.79. The zero-order valence-electron chi connectivity index (χ0n) is 11.5. The van der Waals surface area contributed by atoms with Gasteiger partial charge in [0.05, 0.1) is 11.7 Å². The zero-order valence-corrected chi connectivity index (χ0v) is 11.5. The van der Waals surface area contributed by atoms with Crippen molar-refractivity contribution in [1.29, 1.82) is 0 Å². The number of nitrogens with zero attached hydrogens (tertiary/aromatic N) is 2. The predicted molar refractivity (Wildman–Crippen MR) is 77.0 cm³/mol. The zero-order chi connectivity index (χ0) is 13.2. The fourth-order valence-corrected chi connectivity index (χ4v) is 2.61. The smallest absolute Gasteiger partial charge is 0.125 e. The van der Waals surface area contributed by atoms with Crippen molar-refractivity contribution in [3.05, 3.63) is 41.9 Å². The normalized spacial score (nSPS) is 20.6. The van der Waals surface area contributed by atoms with Crippen molar-refractivity contribution in [2.75, 3.05) is 26.7 Å². The van der Waals surface area contributed by atoms with Gasteiger partial charge in [-0.05, 0) is 14.0 Å². The fraction of sp³-hybridized carbons (Fsp3) is 0.400. The van der Waals surface area contributed by atoms with Crippen molar-refractivity contribution >= 4 is 0 Å². The molecule has 1 fully saturated rings. The molecule has 100 valence electrons. The Labute approximate surface area is 113 Å². The van der Waals surface area contributed by atoms with E-state index in [2.05, 4.69) is 53.4 Å². The molecule has 0 radical (unpaired) electrons. The van der Waals surface area contributed by atoms with E-state index in [-0.39, 0.29) is 0 Å². The highest BCUT2D eigenvalue weighted by molar-refractivity contribution is 5.61. The number of piperazine rings is 1. The monoisotopic (exact) mass is 256 g/mol. The lowest BCUT2D eigenvalue weighted by atomic mass is 10.1. The lowest BCUT2D eigenvalue weighted by Crippen LogP contribution is -2.44. The number of H-pyrrole nitrogens is 1. The molecule has 1 aliphatic rings. The molecular formula is C15H20N4. The lowest BCUT2D eigenvalue weighted by Gasteiger charge is -2.29. The van der Waals surface area contributed by atoms with E-state index >= 15 is 0 Å². The van der Waals surface area contributed by atoms with Gasteiger partial charge in [0.1, 0.15) is 5.82 Å². The van der Waals surface area contributed by atoms with Gasteiger partial charge in [0.15, 0.2) is 0 Å². The molecule has 1 aromatic heterocycles. The van der Waals surface area contributed by atoms with Gasteiger partial charge in [-0.2, -0.15) is 0 Å². The van der Waals surface area contributed by atoms with E-state index in [0.717, 1.165) is 36.8 Å². The highest BCUT2D eigenvalue weighted by Crippen LogP contribution is 2.23. The third-order valence-electron chi connectivity index (χ3n) is 3.66. The van der Waals surface area contributed by atoms with Gasteiger partial charge in [-0.1, -0.05) is 30.3 Å². The second-order valence-electron chi connectivity index (χ2n) is 5.23. The van der Waals surface area contributed by atoms with E-state index in [0.29, 0.717) is 6.04 Å². The minimum absolute atomic E-state index is 0.301. The van der Waals surface area contributed by atoms with Crippen molar-refractivity contribution in [2.24, 2.45) is 0 Å². The Kier molecular flexibility index (Phi) is 3.36. The van der Waals surface area contributed by atoms with Crippen LogP contribution in [-0.2, 0) is 0 Å². The average molecular weight is 256 g/mol. The summed E-state index contributed by atoms with van der Waals surface area (Å²) in [5.74, 6) is 1.04. The quantitative estimate of drug-likeness (QED) is 0.863. The van der Waals surface area contributed by atoms with Crippen LogP contribution in [0.5, 0.6) is 0 Å². The average Bonchev–Trinajstić information content (AvgIpc) is 2.82. The number of nitrogens with one attached hydrogen (secondary N) is 2. The summed E-state index contributed by atoms with van der Waals surface area (Å²) in [6.07, 6.45) is 0. The standard InChI is InChI=1S/C15H20N4/c1-11-14(12-6-4-3-5-7-12)18-15(17-11)13-10-19(2)9-8-16-13/h3-7,13,16H,8-10H2,1-2H3,(H,17,18). The van der Waals surface area contributed by atoms with Crippen LogP contribution in [0.3, 0.4) is 0 Å². The number of aryl methyl sites for hydroxylation is 1. The van der Waals surface area contributed by atoms with Crippen LogP contribution >= 0.6 is 0 Å². The van der Waals surface area contributed by atoms with Gasteiger partial charge in [-0.3, -0.25) is 0 Å². The topological polar surface area (TPSA) is 44.0 Å². The van der Waals surface area contributed by atoms with Gasteiger partial charge in [-0.25, -0.2) is 4.98 Å². The van der Waals surface area contributed by atoms with Crippen LogP contribution in [0.25, 0.3) is 11.3 Å². The van der Waals surface area contributed by atoms with Crippen LogP contribution in [0.15, 0.2) is 30.3 Å². The van der Waals surface area contributed by atoms with Crippen LogP contribution in [0.2, 0.25) is 0 Å². The SMILES string of the molecule is Cc1[nH]c(C2CN(C)CCN2)nc1-c1ccccc1. The number of aromatic amines is 1. The molecule has 1 aliphatic heterocycles. The first-order chi connectivity index (χ1) is 9.24.